The van der Waals surface area contributed by atoms with E-state index in [-0.39, 0.29) is 62.9 Å². The summed E-state index contributed by atoms with van der Waals surface area (Å²) < 4.78 is 5.04. The lowest BCUT2D eigenvalue weighted by atomic mass is 9.98. The molecule has 0 aliphatic carbocycles. The minimum Gasteiger partial charge on any atom is -0.464 e. The van der Waals surface area contributed by atoms with Crippen LogP contribution in [0.25, 0.3) is 10.9 Å². The van der Waals surface area contributed by atoms with Crippen molar-refractivity contribution in [3.05, 3.63) is 59.8 Å². The highest BCUT2D eigenvalue weighted by Crippen LogP contribution is 2.19. The molecule has 13 N–H and O–H groups in total. The van der Waals surface area contributed by atoms with Gasteiger partial charge in [0.1, 0.15) is 36.3 Å². The Kier molecular flexibility index (Phi) is 20.1. The zero-order chi connectivity index (χ0) is 48.5. The van der Waals surface area contributed by atoms with E-state index in [2.05, 4.69) is 58.2 Å². The highest BCUT2D eigenvalue weighted by molar-refractivity contribution is 5.97. The van der Waals surface area contributed by atoms with Crippen LogP contribution in [0.15, 0.2) is 54.3 Å². The molecule has 0 unspecified atom stereocenters. The Hall–Kier alpha value is -6.31. The average molecular weight is 921 g/mol. The number of hydrogen-bond donors (Lipinski definition) is 12. The van der Waals surface area contributed by atoms with E-state index in [1.54, 1.807) is 19.3 Å². The van der Waals surface area contributed by atoms with Gasteiger partial charge < -0.3 is 68.6 Å². The molecule has 20 heteroatoms. The summed E-state index contributed by atoms with van der Waals surface area (Å²) >= 11 is 0. The Morgan fingerprint density at radius 1 is 0.591 bits per heavy atom. The fourth-order valence-corrected chi connectivity index (χ4v) is 7.65. The number of aromatic amines is 1. The Morgan fingerprint density at radius 3 is 1.45 bits per heavy atom. The van der Waals surface area contributed by atoms with Crippen LogP contribution in [0.4, 0.5) is 0 Å². The predicted octanol–water partition coefficient (Wildman–Crippen LogP) is 0.431. The molecule has 364 valence electrons. The Balaban J connectivity index is 1.50. The number of aromatic nitrogens is 1. The van der Waals surface area contributed by atoms with Gasteiger partial charge in [-0.05, 0) is 68.9 Å². The molecular formula is C46H72N12O8. The van der Waals surface area contributed by atoms with Gasteiger partial charge in [-0.2, -0.15) is 0 Å². The number of nitrogens with one attached hydrogen (secondary N) is 11. The highest BCUT2D eigenvalue weighted by Gasteiger charge is 2.35. The number of ether oxygens (including phenoxy) is 1. The second-order valence-electron chi connectivity index (χ2n) is 18.2. The summed E-state index contributed by atoms with van der Waals surface area (Å²) in [7, 11) is 0. The third kappa shape index (κ3) is 16.3. The summed E-state index contributed by atoms with van der Waals surface area (Å²) in [6, 6.07) is 0.101. The molecule has 0 radical (unpaired) electrons. The van der Waals surface area contributed by atoms with E-state index in [0.717, 1.165) is 16.5 Å². The molecule has 0 fully saturated rings. The number of rotatable bonds is 26. The molecule has 2 aliphatic heterocycles. The van der Waals surface area contributed by atoms with Gasteiger partial charge in [0, 0.05) is 53.7 Å². The van der Waals surface area contributed by atoms with Crippen molar-refractivity contribution in [3.8, 4) is 0 Å². The zero-order valence-corrected chi connectivity index (χ0v) is 39.5. The standard InChI is InChI=1S/C46H72N12O8/c1-9-66-46(65)28(8)53-41(60)38(18-30-21-48-23-51-30)58-44(63)37(16-27(6)7)56-42(61)35(14-25(2)3)55-43(62)36(15-26(4)5)57-45(64)39(19-31-22-49-24-52-31)54-40(59)33(47)17-29-20-50-34-13-11-10-12-32(29)34/h10-13,20-22,25-28,33,35-39,48-52H,9,14-19,23-24,47H2,1-8H3,(H,53,60)(H,54,59)(H,55,62)(H,56,61)(H,57,64)(H,58,63)/t28-,33-,35-,36-,37-,38-,39-/m0/s1. The smallest absolute Gasteiger partial charge is 0.328 e. The number of H-pyrrole nitrogens is 1. The van der Waals surface area contributed by atoms with Gasteiger partial charge in [-0.3, -0.25) is 28.8 Å². The summed E-state index contributed by atoms with van der Waals surface area (Å²) in [5.41, 5.74) is 9.49. The van der Waals surface area contributed by atoms with Crippen LogP contribution < -0.4 is 58.9 Å². The van der Waals surface area contributed by atoms with Gasteiger partial charge in [-0.25, -0.2) is 4.79 Å². The van der Waals surface area contributed by atoms with Crippen molar-refractivity contribution in [1.82, 2.24) is 58.2 Å². The molecule has 0 saturated heterocycles. The molecule has 0 saturated carbocycles. The van der Waals surface area contributed by atoms with Gasteiger partial charge in [-0.15, -0.1) is 0 Å². The minimum atomic E-state index is -1.13. The molecule has 20 nitrogen and oxygen atoms in total. The van der Waals surface area contributed by atoms with E-state index in [4.69, 9.17) is 10.5 Å². The van der Waals surface area contributed by atoms with Crippen LogP contribution in [0.2, 0.25) is 0 Å². The molecule has 1 aromatic heterocycles. The molecule has 66 heavy (non-hydrogen) atoms. The lowest BCUT2D eigenvalue weighted by molar-refractivity contribution is -0.147. The number of nitrogens with two attached hydrogens (primary N) is 1. The van der Waals surface area contributed by atoms with E-state index in [9.17, 15) is 33.6 Å². The monoisotopic (exact) mass is 921 g/mol. The summed E-state index contributed by atoms with van der Waals surface area (Å²) in [5, 5.41) is 29.9. The maximum Gasteiger partial charge on any atom is 0.328 e. The molecular weight excluding hydrogens is 849 g/mol. The first-order valence-corrected chi connectivity index (χ1v) is 23.0. The van der Waals surface area contributed by atoms with Crippen molar-refractivity contribution >= 4 is 52.3 Å². The predicted molar refractivity (Wildman–Crippen MR) is 250 cm³/mol. The third-order valence-corrected chi connectivity index (χ3v) is 11.0. The zero-order valence-electron chi connectivity index (χ0n) is 39.5. The van der Waals surface area contributed by atoms with E-state index in [1.165, 1.54) is 6.92 Å². The average Bonchev–Trinajstić information content (AvgIpc) is 4.06. The normalized spacial score (nSPS) is 16.4. The Morgan fingerprint density at radius 2 is 1.02 bits per heavy atom. The minimum absolute atomic E-state index is 0.0603. The van der Waals surface area contributed by atoms with Crippen molar-refractivity contribution in [2.24, 2.45) is 23.5 Å². The van der Waals surface area contributed by atoms with Gasteiger partial charge in [0.2, 0.25) is 35.4 Å². The summed E-state index contributed by atoms with van der Waals surface area (Å²) in [6.07, 6.45) is 6.15. The van der Waals surface area contributed by atoms with Gasteiger partial charge in [0.25, 0.3) is 0 Å². The fraction of sp³-hybridized carbons (Fsp3) is 0.587. The number of benzene rings is 1. The van der Waals surface area contributed by atoms with Crippen LogP contribution in [0, 0.1) is 17.8 Å². The first-order chi connectivity index (χ1) is 31.3. The maximum atomic E-state index is 14.2. The third-order valence-electron chi connectivity index (χ3n) is 11.0. The first-order valence-electron chi connectivity index (χ1n) is 23.0. The summed E-state index contributed by atoms with van der Waals surface area (Å²) in [4.78, 5) is 99.3. The number of fused-ring (bicyclic) bond motifs is 1. The second-order valence-corrected chi connectivity index (χ2v) is 18.2. The number of carbonyl (C=O) groups is 7. The fourth-order valence-electron chi connectivity index (χ4n) is 7.65. The molecule has 0 bridgehead atoms. The molecule has 7 atom stereocenters. The van der Waals surface area contributed by atoms with Crippen molar-refractivity contribution in [3.63, 3.8) is 0 Å². The Bertz CT molecular complexity index is 2070. The van der Waals surface area contributed by atoms with Crippen LogP contribution in [-0.2, 0) is 44.7 Å². The second kappa shape index (κ2) is 25.4. The molecule has 1 aromatic carbocycles. The lowest BCUT2D eigenvalue weighted by Crippen LogP contribution is -2.60. The van der Waals surface area contributed by atoms with Crippen molar-refractivity contribution < 1.29 is 38.3 Å². The number of amides is 6. The van der Waals surface area contributed by atoms with E-state index in [1.807, 2.05) is 72.0 Å². The highest BCUT2D eigenvalue weighted by atomic mass is 16.5. The SMILES string of the molecule is CCOC(=O)[C@H](C)NC(=O)[C@H](CC1=CNCN1)NC(=O)[C@H](CC(C)C)NC(=O)[C@H](CC(C)C)NC(=O)[C@H](CC(C)C)NC(=O)[C@H](CC1=CNCN1)NC(=O)[C@@H](N)Cc1c[nH]c2ccccc12. The summed E-state index contributed by atoms with van der Waals surface area (Å²) in [5.74, 6) is -4.54. The molecule has 3 heterocycles. The number of carbonyl (C=O) groups excluding carboxylic acids is 7. The van der Waals surface area contributed by atoms with Gasteiger partial charge in [0.05, 0.1) is 26.0 Å². The van der Waals surface area contributed by atoms with Crippen LogP contribution in [0.1, 0.15) is 93.1 Å². The van der Waals surface area contributed by atoms with Crippen LogP contribution in [0.3, 0.4) is 0 Å². The number of esters is 1. The molecule has 2 aliphatic rings. The van der Waals surface area contributed by atoms with Gasteiger partial charge in [-0.1, -0.05) is 59.7 Å². The first kappa shape index (κ1) is 52.3. The van der Waals surface area contributed by atoms with Gasteiger partial charge >= 0.3 is 5.97 Å². The van der Waals surface area contributed by atoms with Crippen molar-refractivity contribution in [2.75, 3.05) is 19.9 Å². The van der Waals surface area contributed by atoms with Crippen LogP contribution >= 0.6 is 0 Å². The van der Waals surface area contributed by atoms with E-state index < -0.39 is 83.7 Å². The Labute approximate surface area is 387 Å². The number of para-hydroxylation sites is 1. The number of hydrogen-bond acceptors (Lipinski definition) is 13. The van der Waals surface area contributed by atoms with E-state index in [0.29, 0.717) is 24.7 Å². The van der Waals surface area contributed by atoms with Gasteiger partial charge in [0.15, 0.2) is 0 Å². The van der Waals surface area contributed by atoms with Crippen molar-refractivity contribution in [2.45, 2.75) is 136 Å². The molecule has 2 aromatic rings. The summed E-state index contributed by atoms with van der Waals surface area (Å²) in [6.45, 7) is 15.4. The molecule has 4 rings (SSSR count). The van der Waals surface area contributed by atoms with E-state index >= 15 is 0 Å². The molecule has 0 spiro atoms. The van der Waals surface area contributed by atoms with Crippen LogP contribution in [0.5, 0.6) is 0 Å². The topological polar surface area (TPSA) is 291 Å². The largest absolute Gasteiger partial charge is 0.464 e. The van der Waals surface area contributed by atoms with Crippen LogP contribution in [-0.4, -0.2) is 109 Å². The van der Waals surface area contributed by atoms with Crippen molar-refractivity contribution in [1.29, 1.82) is 0 Å². The molecule has 6 amide bonds. The quantitative estimate of drug-likeness (QED) is 0.0572. The lowest BCUT2D eigenvalue weighted by Gasteiger charge is -2.29. The maximum absolute atomic E-state index is 14.2.